The fourth-order valence-electron chi connectivity index (χ4n) is 1.42. The molecular formula is C14H17NO5. The van der Waals surface area contributed by atoms with Crippen LogP contribution < -0.4 is 10.1 Å². The van der Waals surface area contributed by atoms with Crippen molar-refractivity contribution in [1.29, 1.82) is 0 Å². The molecule has 0 spiro atoms. The highest BCUT2D eigenvalue weighted by molar-refractivity contribution is 5.85. The van der Waals surface area contributed by atoms with Crippen molar-refractivity contribution < 1.29 is 23.8 Å². The summed E-state index contributed by atoms with van der Waals surface area (Å²) in [7, 11) is 4.12. The molecule has 0 radical (unpaired) electrons. The van der Waals surface area contributed by atoms with Crippen LogP contribution in [0.25, 0.3) is 0 Å². The highest BCUT2D eigenvalue weighted by atomic mass is 16.5. The predicted molar refractivity (Wildman–Crippen MR) is 73.3 cm³/mol. The summed E-state index contributed by atoms with van der Waals surface area (Å²) in [5.74, 6) is -0.298. The first-order chi connectivity index (χ1) is 9.58. The number of carbonyl (C=O) groups excluding carboxylic acids is 2. The molecular weight excluding hydrogens is 262 g/mol. The van der Waals surface area contributed by atoms with Crippen LogP contribution in [0.5, 0.6) is 5.75 Å². The van der Waals surface area contributed by atoms with E-state index in [4.69, 9.17) is 4.74 Å². The average molecular weight is 279 g/mol. The van der Waals surface area contributed by atoms with E-state index >= 15 is 0 Å². The van der Waals surface area contributed by atoms with Gasteiger partial charge in [0, 0.05) is 17.5 Å². The first kappa shape index (κ1) is 15.6. The van der Waals surface area contributed by atoms with Crippen LogP contribution in [0.3, 0.4) is 0 Å². The molecule has 0 bridgehead atoms. The molecule has 6 heteroatoms. The van der Waals surface area contributed by atoms with Gasteiger partial charge in [0.1, 0.15) is 5.75 Å². The number of anilines is 1. The van der Waals surface area contributed by atoms with Gasteiger partial charge in [-0.2, -0.15) is 0 Å². The third-order valence-electron chi connectivity index (χ3n) is 2.45. The minimum atomic E-state index is -0.551. The third kappa shape index (κ3) is 5.01. The van der Waals surface area contributed by atoms with Gasteiger partial charge < -0.3 is 19.5 Å². The summed E-state index contributed by atoms with van der Waals surface area (Å²) in [5, 5.41) is 2.96. The quantitative estimate of drug-likeness (QED) is 0.631. The summed E-state index contributed by atoms with van der Waals surface area (Å²) in [5.41, 5.74) is 1.10. The van der Waals surface area contributed by atoms with Crippen LogP contribution in [-0.4, -0.2) is 33.3 Å². The van der Waals surface area contributed by atoms with Crippen LogP contribution in [0.4, 0.5) is 5.69 Å². The summed E-state index contributed by atoms with van der Waals surface area (Å²) < 4.78 is 14.2. The van der Waals surface area contributed by atoms with Gasteiger partial charge in [0.2, 0.25) is 0 Å². The van der Waals surface area contributed by atoms with Crippen LogP contribution in [-0.2, 0) is 19.1 Å². The standard InChI is InChI=1S/C14H17NO5/c1-18-12-6-4-10(5-7-12)15-11(8-13(16)19-2)9-14(17)20-3/h4-8,15H,9H2,1-3H3/b11-8-. The van der Waals surface area contributed by atoms with E-state index in [9.17, 15) is 9.59 Å². The van der Waals surface area contributed by atoms with Crippen molar-refractivity contribution >= 4 is 17.6 Å². The molecule has 0 aliphatic heterocycles. The fraction of sp³-hybridized carbons (Fsp3) is 0.286. The lowest BCUT2D eigenvalue weighted by atomic mass is 10.2. The summed E-state index contributed by atoms with van der Waals surface area (Å²) in [6, 6.07) is 7.05. The van der Waals surface area contributed by atoms with Gasteiger partial charge in [-0.05, 0) is 24.3 Å². The molecule has 0 unspecified atom stereocenters. The Hall–Kier alpha value is -2.50. The fourth-order valence-corrected chi connectivity index (χ4v) is 1.42. The van der Waals surface area contributed by atoms with Crippen molar-refractivity contribution in [2.24, 2.45) is 0 Å². The molecule has 0 saturated heterocycles. The average Bonchev–Trinajstić information content (AvgIpc) is 2.47. The molecule has 1 rings (SSSR count). The second-order valence-electron chi connectivity index (χ2n) is 3.80. The van der Waals surface area contributed by atoms with Gasteiger partial charge in [-0.3, -0.25) is 4.79 Å². The number of benzene rings is 1. The molecule has 0 aromatic heterocycles. The largest absolute Gasteiger partial charge is 0.497 e. The number of nitrogens with one attached hydrogen (secondary N) is 1. The van der Waals surface area contributed by atoms with E-state index < -0.39 is 11.9 Å². The van der Waals surface area contributed by atoms with Crippen molar-refractivity contribution in [2.45, 2.75) is 6.42 Å². The molecule has 0 heterocycles. The Bertz CT molecular complexity index is 493. The van der Waals surface area contributed by atoms with Crippen molar-refractivity contribution in [3.63, 3.8) is 0 Å². The Kier molecular flexibility index (Phi) is 6.09. The number of hydrogen-bond acceptors (Lipinski definition) is 6. The highest BCUT2D eigenvalue weighted by Gasteiger charge is 2.09. The van der Waals surface area contributed by atoms with Gasteiger partial charge in [0.15, 0.2) is 0 Å². The summed E-state index contributed by atoms with van der Waals surface area (Å²) >= 11 is 0. The van der Waals surface area contributed by atoms with E-state index in [-0.39, 0.29) is 6.42 Å². The number of methoxy groups -OCH3 is 3. The zero-order valence-electron chi connectivity index (χ0n) is 11.6. The van der Waals surface area contributed by atoms with E-state index in [1.807, 2.05) is 0 Å². The normalized spacial score (nSPS) is 10.7. The van der Waals surface area contributed by atoms with Crippen molar-refractivity contribution in [2.75, 3.05) is 26.6 Å². The van der Waals surface area contributed by atoms with Crippen LogP contribution in [0.1, 0.15) is 6.42 Å². The van der Waals surface area contributed by atoms with Gasteiger partial charge in [-0.1, -0.05) is 0 Å². The first-order valence-electron chi connectivity index (χ1n) is 5.85. The molecule has 0 atom stereocenters. The van der Waals surface area contributed by atoms with Gasteiger partial charge in [-0.15, -0.1) is 0 Å². The maximum atomic E-state index is 11.3. The van der Waals surface area contributed by atoms with E-state index in [1.54, 1.807) is 31.4 Å². The molecule has 1 N–H and O–H groups in total. The maximum Gasteiger partial charge on any atom is 0.332 e. The molecule has 20 heavy (non-hydrogen) atoms. The topological polar surface area (TPSA) is 73.9 Å². The molecule has 0 aliphatic carbocycles. The minimum absolute atomic E-state index is 0.0579. The zero-order valence-corrected chi connectivity index (χ0v) is 11.6. The van der Waals surface area contributed by atoms with Gasteiger partial charge >= 0.3 is 11.9 Å². The summed E-state index contributed by atoms with van der Waals surface area (Å²) in [4.78, 5) is 22.6. The number of esters is 2. The lowest BCUT2D eigenvalue weighted by Gasteiger charge is -2.10. The molecule has 0 amide bonds. The first-order valence-corrected chi connectivity index (χ1v) is 5.85. The van der Waals surface area contributed by atoms with Crippen LogP contribution in [0.2, 0.25) is 0 Å². The van der Waals surface area contributed by atoms with Crippen LogP contribution >= 0.6 is 0 Å². The molecule has 0 saturated carbocycles. The van der Waals surface area contributed by atoms with E-state index in [1.165, 1.54) is 20.3 Å². The highest BCUT2D eigenvalue weighted by Crippen LogP contribution is 2.17. The molecule has 1 aromatic rings. The van der Waals surface area contributed by atoms with Gasteiger partial charge in [-0.25, -0.2) is 4.79 Å². The second-order valence-corrected chi connectivity index (χ2v) is 3.80. The van der Waals surface area contributed by atoms with E-state index in [2.05, 4.69) is 14.8 Å². The van der Waals surface area contributed by atoms with E-state index in [0.717, 1.165) is 0 Å². The zero-order chi connectivity index (χ0) is 15.0. The van der Waals surface area contributed by atoms with Crippen LogP contribution in [0, 0.1) is 0 Å². The molecule has 6 nitrogen and oxygen atoms in total. The molecule has 108 valence electrons. The lowest BCUT2D eigenvalue weighted by Crippen LogP contribution is -2.10. The molecule has 1 aromatic carbocycles. The van der Waals surface area contributed by atoms with Crippen molar-refractivity contribution in [1.82, 2.24) is 0 Å². The number of rotatable bonds is 6. The molecule has 0 fully saturated rings. The van der Waals surface area contributed by atoms with Gasteiger partial charge in [0.25, 0.3) is 0 Å². The SMILES string of the molecule is COC(=O)/C=C(/CC(=O)OC)Nc1ccc(OC)cc1. The Morgan fingerprint density at radius 1 is 1.10 bits per heavy atom. The third-order valence-corrected chi connectivity index (χ3v) is 2.45. The van der Waals surface area contributed by atoms with Crippen molar-refractivity contribution in [3.05, 3.63) is 36.0 Å². The lowest BCUT2D eigenvalue weighted by molar-refractivity contribution is -0.139. The number of carbonyl (C=O) groups is 2. The Labute approximate surface area is 117 Å². The van der Waals surface area contributed by atoms with Crippen molar-refractivity contribution in [3.8, 4) is 5.75 Å². The Morgan fingerprint density at radius 3 is 2.25 bits per heavy atom. The predicted octanol–water partition coefficient (Wildman–Crippen LogP) is 1.73. The summed E-state index contributed by atoms with van der Waals surface area (Å²) in [6.07, 6.45) is 1.15. The Morgan fingerprint density at radius 2 is 1.75 bits per heavy atom. The second kappa shape index (κ2) is 7.83. The Balaban J connectivity index is 2.84. The maximum absolute atomic E-state index is 11.3. The van der Waals surface area contributed by atoms with E-state index in [0.29, 0.717) is 17.1 Å². The summed E-state index contributed by atoms with van der Waals surface area (Å²) in [6.45, 7) is 0. The number of hydrogen-bond donors (Lipinski definition) is 1. The van der Waals surface area contributed by atoms with Gasteiger partial charge in [0.05, 0.1) is 27.8 Å². The molecule has 0 aliphatic rings. The smallest absolute Gasteiger partial charge is 0.332 e. The monoisotopic (exact) mass is 279 g/mol. The minimum Gasteiger partial charge on any atom is -0.497 e. The van der Waals surface area contributed by atoms with Crippen LogP contribution in [0.15, 0.2) is 36.0 Å². The number of ether oxygens (including phenoxy) is 3.